The van der Waals surface area contributed by atoms with Crippen LogP contribution in [0.3, 0.4) is 0 Å². The molecule has 1 aliphatic rings. The molecule has 0 radical (unpaired) electrons. The normalized spacial score (nSPS) is 15.6. The number of carbonyl (C=O) groups is 3. The lowest BCUT2D eigenvalue weighted by atomic mass is 10.1. The maximum Gasteiger partial charge on any atom is 0.326 e. The maximum absolute atomic E-state index is 13.2. The van der Waals surface area contributed by atoms with Crippen LogP contribution in [0.2, 0.25) is 5.02 Å². The fourth-order valence-corrected chi connectivity index (χ4v) is 4.83. The molecule has 0 saturated carbocycles. The SMILES string of the molecule is COc1cccc(COc2ccc(CC(=O)N3CCCC3c3cc(CC(NC(C)=O)C(=O)O)on3)cc2Cl)c1. The summed E-state index contributed by atoms with van der Waals surface area (Å²) in [5.74, 6) is -0.120. The molecule has 3 aromatic rings. The Morgan fingerprint density at radius 1 is 1.21 bits per heavy atom. The minimum Gasteiger partial charge on any atom is -0.497 e. The minimum atomic E-state index is -1.17. The van der Waals surface area contributed by atoms with E-state index in [1.807, 2.05) is 30.3 Å². The lowest BCUT2D eigenvalue weighted by Crippen LogP contribution is -2.41. The van der Waals surface area contributed by atoms with Crippen molar-refractivity contribution in [2.24, 2.45) is 0 Å². The summed E-state index contributed by atoms with van der Waals surface area (Å²) >= 11 is 6.45. The predicted octanol–water partition coefficient (Wildman–Crippen LogP) is 3.95. The van der Waals surface area contributed by atoms with Gasteiger partial charge in [-0.15, -0.1) is 0 Å². The molecular formula is C28H30ClN3O7. The summed E-state index contributed by atoms with van der Waals surface area (Å²) < 4.78 is 16.4. The van der Waals surface area contributed by atoms with Crippen LogP contribution in [0.5, 0.6) is 11.5 Å². The lowest BCUT2D eigenvalue weighted by molar-refractivity contribution is -0.141. The van der Waals surface area contributed by atoms with E-state index in [0.717, 1.165) is 23.3 Å². The third kappa shape index (κ3) is 7.29. The van der Waals surface area contributed by atoms with E-state index >= 15 is 0 Å². The summed E-state index contributed by atoms with van der Waals surface area (Å²) in [5, 5.41) is 16.2. The van der Waals surface area contributed by atoms with E-state index in [1.54, 1.807) is 30.2 Å². The van der Waals surface area contributed by atoms with Gasteiger partial charge >= 0.3 is 5.97 Å². The monoisotopic (exact) mass is 555 g/mol. The summed E-state index contributed by atoms with van der Waals surface area (Å²) in [6, 6.07) is 13.1. The third-order valence-corrected chi connectivity index (χ3v) is 6.75. The molecular weight excluding hydrogens is 526 g/mol. The van der Waals surface area contributed by atoms with Crippen molar-refractivity contribution in [1.82, 2.24) is 15.4 Å². The van der Waals surface area contributed by atoms with Crippen molar-refractivity contribution in [2.75, 3.05) is 13.7 Å². The molecule has 2 amide bonds. The summed E-state index contributed by atoms with van der Waals surface area (Å²) in [6.07, 6.45) is 1.62. The van der Waals surface area contributed by atoms with E-state index in [2.05, 4.69) is 10.5 Å². The number of ether oxygens (including phenoxy) is 2. The highest BCUT2D eigenvalue weighted by atomic mass is 35.5. The Morgan fingerprint density at radius 2 is 2.03 bits per heavy atom. The number of amides is 2. The fourth-order valence-electron chi connectivity index (χ4n) is 4.57. The van der Waals surface area contributed by atoms with Crippen LogP contribution >= 0.6 is 11.6 Å². The number of likely N-dealkylation sites (tertiary alicyclic amines) is 1. The van der Waals surface area contributed by atoms with Gasteiger partial charge < -0.3 is 29.3 Å². The molecule has 0 spiro atoms. The quantitative estimate of drug-likeness (QED) is 0.363. The van der Waals surface area contributed by atoms with Gasteiger partial charge in [-0.25, -0.2) is 4.79 Å². The number of carboxylic acids is 1. The molecule has 1 aromatic heterocycles. The van der Waals surface area contributed by atoms with Gasteiger partial charge in [-0.05, 0) is 48.2 Å². The van der Waals surface area contributed by atoms with E-state index in [-0.39, 0.29) is 24.8 Å². The zero-order valence-electron chi connectivity index (χ0n) is 21.7. The van der Waals surface area contributed by atoms with Crippen LogP contribution in [0.4, 0.5) is 0 Å². The lowest BCUT2D eigenvalue weighted by Gasteiger charge is -2.23. The van der Waals surface area contributed by atoms with Gasteiger partial charge in [0.05, 0.1) is 24.6 Å². The van der Waals surface area contributed by atoms with Crippen molar-refractivity contribution >= 4 is 29.4 Å². The van der Waals surface area contributed by atoms with Crippen LogP contribution in [-0.2, 0) is 33.8 Å². The standard InChI is InChI=1S/C28H30ClN3O7/c1-17(33)30-24(28(35)36)15-21-14-23(31-39-21)25-7-4-10-32(25)27(34)13-18-8-9-26(22(29)12-18)38-16-19-5-3-6-20(11-19)37-2/h3,5-6,8-9,11-12,14,24-25H,4,7,10,13,15-16H2,1-2H3,(H,30,33)(H,35,36). The number of halogens is 1. The molecule has 1 saturated heterocycles. The number of benzene rings is 2. The molecule has 4 rings (SSSR count). The zero-order chi connectivity index (χ0) is 27.9. The van der Waals surface area contributed by atoms with E-state index in [4.69, 9.17) is 25.6 Å². The highest BCUT2D eigenvalue weighted by Crippen LogP contribution is 2.33. The molecule has 2 N–H and O–H groups in total. The number of hydrogen-bond donors (Lipinski definition) is 2. The van der Waals surface area contributed by atoms with E-state index < -0.39 is 17.9 Å². The zero-order valence-corrected chi connectivity index (χ0v) is 22.4. The molecule has 2 heterocycles. The van der Waals surface area contributed by atoms with Gasteiger partial charge in [0.1, 0.15) is 35.6 Å². The number of aliphatic carboxylic acids is 1. The van der Waals surface area contributed by atoms with Crippen LogP contribution < -0.4 is 14.8 Å². The Balaban J connectivity index is 1.37. The minimum absolute atomic E-state index is 0.0483. The number of methoxy groups -OCH3 is 1. The largest absolute Gasteiger partial charge is 0.497 e. The van der Waals surface area contributed by atoms with Gasteiger partial charge in [-0.3, -0.25) is 9.59 Å². The Bertz CT molecular complexity index is 1340. The molecule has 206 valence electrons. The van der Waals surface area contributed by atoms with Gasteiger partial charge in [-0.1, -0.05) is 35.0 Å². The number of nitrogens with one attached hydrogen (secondary N) is 1. The van der Waals surface area contributed by atoms with Gasteiger partial charge in [-0.2, -0.15) is 0 Å². The van der Waals surface area contributed by atoms with Gasteiger partial charge in [0.2, 0.25) is 11.8 Å². The van der Waals surface area contributed by atoms with Crippen molar-refractivity contribution in [3.63, 3.8) is 0 Å². The van der Waals surface area contributed by atoms with Gasteiger partial charge in [0.25, 0.3) is 0 Å². The molecule has 1 aliphatic heterocycles. The number of aromatic nitrogens is 1. The second-order valence-corrected chi connectivity index (χ2v) is 9.75. The van der Waals surface area contributed by atoms with Crippen molar-refractivity contribution in [3.8, 4) is 11.5 Å². The first-order valence-electron chi connectivity index (χ1n) is 12.5. The molecule has 11 heteroatoms. The molecule has 10 nitrogen and oxygen atoms in total. The molecule has 39 heavy (non-hydrogen) atoms. The Morgan fingerprint density at radius 3 is 2.74 bits per heavy atom. The number of nitrogens with zero attached hydrogens (tertiary/aromatic N) is 2. The highest BCUT2D eigenvalue weighted by molar-refractivity contribution is 6.32. The first-order valence-corrected chi connectivity index (χ1v) is 12.9. The van der Waals surface area contributed by atoms with Crippen molar-refractivity contribution < 1.29 is 33.5 Å². The first-order chi connectivity index (χ1) is 18.7. The predicted molar refractivity (Wildman–Crippen MR) is 142 cm³/mol. The summed E-state index contributed by atoms with van der Waals surface area (Å²) in [4.78, 5) is 37.7. The van der Waals surface area contributed by atoms with Crippen LogP contribution in [0.15, 0.2) is 53.1 Å². The average molecular weight is 556 g/mol. The Kier molecular flexibility index (Phi) is 9.08. The summed E-state index contributed by atoms with van der Waals surface area (Å²) in [5.41, 5.74) is 2.25. The van der Waals surface area contributed by atoms with Crippen molar-refractivity contribution in [3.05, 3.63) is 76.1 Å². The number of carbonyl (C=O) groups excluding carboxylic acids is 2. The molecule has 2 unspecified atom stereocenters. The average Bonchev–Trinajstić information content (AvgIpc) is 3.57. The number of carboxylic acid groups (broad SMARTS) is 1. The van der Waals surface area contributed by atoms with Gasteiger partial charge in [0, 0.05) is 26.0 Å². The van der Waals surface area contributed by atoms with Gasteiger partial charge in [0.15, 0.2) is 0 Å². The van der Waals surface area contributed by atoms with Crippen molar-refractivity contribution in [2.45, 2.75) is 51.3 Å². The van der Waals surface area contributed by atoms with Crippen LogP contribution in [0.25, 0.3) is 0 Å². The fraction of sp³-hybridized carbons (Fsp3) is 0.357. The smallest absolute Gasteiger partial charge is 0.326 e. The summed E-state index contributed by atoms with van der Waals surface area (Å²) in [6.45, 7) is 2.15. The highest BCUT2D eigenvalue weighted by Gasteiger charge is 2.33. The van der Waals surface area contributed by atoms with Crippen LogP contribution in [0, 0.1) is 0 Å². The topological polar surface area (TPSA) is 131 Å². The maximum atomic E-state index is 13.2. The van der Waals surface area contributed by atoms with Crippen LogP contribution in [-0.4, -0.2) is 52.6 Å². The molecule has 1 fully saturated rings. The van der Waals surface area contributed by atoms with Crippen LogP contribution in [0.1, 0.15) is 48.4 Å². The third-order valence-electron chi connectivity index (χ3n) is 6.45. The Labute approximate surface area is 230 Å². The molecule has 0 bridgehead atoms. The van der Waals surface area contributed by atoms with Crippen molar-refractivity contribution in [1.29, 1.82) is 0 Å². The number of rotatable bonds is 11. The van der Waals surface area contributed by atoms with E-state index in [0.29, 0.717) is 41.8 Å². The summed E-state index contributed by atoms with van der Waals surface area (Å²) in [7, 11) is 1.61. The Hall–Kier alpha value is -4.05. The second-order valence-electron chi connectivity index (χ2n) is 9.34. The first kappa shape index (κ1) is 28.0. The molecule has 0 aliphatic carbocycles. The second kappa shape index (κ2) is 12.7. The van der Waals surface area contributed by atoms with E-state index in [9.17, 15) is 19.5 Å². The van der Waals surface area contributed by atoms with E-state index in [1.165, 1.54) is 6.92 Å². The number of hydrogen-bond acceptors (Lipinski definition) is 7. The molecule has 2 aromatic carbocycles. The molecule has 2 atom stereocenters.